The lowest BCUT2D eigenvalue weighted by atomic mass is 10.0. The molecule has 0 N–H and O–H groups in total. The third kappa shape index (κ3) is 47.1. The van der Waals surface area contributed by atoms with Gasteiger partial charge in [0.2, 0.25) is 0 Å². The highest BCUT2D eigenvalue weighted by Gasteiger charge is 2.19. The van der Waals surface area contributed by atoms with Crippen LogP contribution in [0, 0.1) is 0 Å². The molecule has 1 unspecified atom stereocenters. The first-order valence-corrected chi connectivity index (χ1v) is 26.2. The van der Waals surface area contributed by atoms with Crippen LogP contribution in [0.5, 0.6) is 0 Å². The number of carbonyl (C=O) groups excluding carboxylic acids is 3. The number of esters is 3. The lowest BCUT2D eigenvalue weighted by Crippen LogP contribution is -2.30. The molecule has 0 saturated heterocycles. The molecule has 0 radical (unpaired) electrons. The molecule has 0 aromatic rings. The number of allylic oxidation sites excluding steroid dienone is 2. The van der Waals surface area contributed by atoms with Crippen molar-refractivity contribution in [3.05, 3.63) is 12.2 Å². The van der Waals surface area contributed by atoms with Crippen molar-refractivity contribution in [2.24, 2.45) is 0 Å². The molecular weight excluding hydrogens is 733 g/mol. The smallest absolute Gasteiger partial charge is 0.306 e. The zero-order chi connectivity index (χ0) is 43.0. The molecular formula is C53H100O6. The van der Waals surface area contributed by atoms with E-state index < -0.39 is 6.10 Å². The average molecular weight is 833 g/mol. The van der Waals surface area contributed by atoms with E-state index in [9.17, 15) is 14.4 Å². The zero-order valence-electron chi connectivity index (χ0n) is 39.8. The Kier molecular flexibility index (Phi) is 47.3. The molecule has 0 fully saturated rings. The van der Waals surface area contributed by atoms with Crippen molar-refractivity contribution in [2.75, 3.05) is 13.2 Å². The second-order valence-electron chi connectivity index (χ2n) is 17.8. The van der Waals surface area contributed by atoms with Crippen LogP contribution in [0.1, 0.15) is 290 Å². The summed E-state index contributed by atoms with van der Waals surface area (Å²) in [6.45, 7) is 6.66. The van der Waals surface area contributed by atoms with Crippen LogP contribution in [0.2, 0.25) is 0 Å². The normalized spacial score (nSPS) is 12.0. The van der Waals surface area contributed by atoms with Gasteiger partial charge in [-0.2, -0.15) is 0 Å². The molecule has 0 aliphatic rings. The third-order valence-electron chi connectivity index (χ3n) is 11.8. The zero-order valence-corrected chi connectivity index (χ0v) is 39.8. The molecule has 0 amide bonds. The molecule has 0 aliphatic heterocycles. The molecule has 0 bridgehead atoms. The summed E-state index contributed by atoms with van der Waals surface area (Å²) in [5.74, 6) is -0.854. The van der Waals surface area contributed by atoms with Crippen molar-refractivity contribution >= 4 is 17.9 Å². The molecule has 0 aromatic heterocycles. The molecule has 1 atom stereocenters. The molecule has 0 heterocycles. The van der Waals surface area contributed by atoms with Gasteiger partial charge in [-0.15, -0.1) is 0 Å². The molecule has 6 heteroatoms. The molecule has 0 spiro atoms. The summed E-state index contributed by atoms with van der Waals surface area (Å²) in [5.41, 5.74) is 0. The van der Waals surface area contributed by atoms with Crippen LogP contribution in [0.3, 0.4) is 0 Å². The van der Waals surface area contributed by atoms with Gasteiger partial charge in [0.1, 0.15) is 13.2 Å². The maximum Gasteiger partial charge on any atom is 0.306 e. The molecule has 348 valence electrons. The number of ether oxygens (including phenoxy) is 3. The number of carbonyl (C=O) groups is 3. The minimum atomic E-state index is -0.764. The van der Waals surface area contributed by atoms with E-state index in [4.69, 9.17) is 14.2 Å². The SMILES string of the molecule is CCCCCCCC/C=C\CCCCCCCCCC(=O)OCC(COC(=O)CCCCCCCCCCCCCC)OC(=O)CCCCCCCCCCCCCC. The van der Waals surface area contributed by atoms with E-state index in [1.807, 2.05) is 0 Å². The highest BCUT2D eigenvalue weighted by atomic mass is 16.6. The highest BCUT2D eigenvalue weighted by molar-refractivity contribution is 5.71. The Hall–Kier alpha value is -1.85. The Labute approximate surface area is 367 Å². The molecule has 0 rings (SSSR count). The van der Waals surface area contributed by atoms with Crippen molar-refractivity contribution in [1.82, 2.24) is 0 Å². The third-order valence-corrected chi connectivity index (χ3v) is 11.8. The number of unbranched alkanes of at least 4 members (excludes halogenated alkanes) is 35. The second-order valence-corrected chi connectivity index (χ2v) is 17.8. The summed E-state index contributed by atoms with van der Waals surface area (Å²) in [5, 5.41) is 0. The van der Waals surface area contributed by atoms with Gasteiger partial charge < -0.3 is 14.2 Å². The first-order chi connectivity index (χ1) is 29.0. The summed E-state index contributed by atoms with van der Waals surface area (Å²) in [4.78, 5) is 37.9. The van der Waals surface area contributed by atoms with Crippen molar-refractivity contribution < 1.29 is 28.6 Å². The van der Waals surface area contributed by atoms with Gasteiger partial charge in [0.15, 0.2) is 6.10 Å². The fraction of sp³-hybridized carbons (Fsp3) is 0.906. The minimum Gasteiger partial charge on any atom is -0.462 e. The Morgan fingerprint density at radius 1 is 0.322 bits per heavy atom. The maximum atomic E-state index is 12.8. The first-order valence-electron chi connectivity index (χ1n) is 26.2. The maximum absolute atomic E-state index is 12.8. The van der Waals surface area contributed by atoms with Crippen LogP contribution in [-0.2, 0) is 28.6 Å². The standard InChI is InChI=1S/C53H100O6/c1-4-7-10-13-16-19-22-25-26-27-28-29-32-34-37-40-43-46-52(55)58-49-50(59-53(56)47-44-41-38-35-31-24-21-18-15-12-9-6-3)48-57-51(54)45-42-39-36-33-30-23-20-17-14-11-8-5-2/h25-26,50H,4-24,27-49H2,1-3H3/b26-25-. The van der Waals surface area contributed by atoms with Crippen molar-refractivity contribution in [3.63, 3.8) is 0 Å². The molecule has 59 heavy (non-hydrogen) atoms. The van der Waals surface area contributed by atoms with Gasteiger partial charge in [0.05, 0.1) is 0 Å². The van der Waals surface area contributed by atoms with Crippen molar-refractivity contribution in [2.45, 2.75) is 297 Å². The summed E-state index contributed by atoms with van der Waals surface area (Å²) in [6, 6.07) is 0. The van der Waals surface area contributed by atoms with Crippen LogP contribution >= 0.6 is 0 Å². The van der Waals surface area contributed by atoms with E-state index in [1.165, 1.54) is 193 Å². The Balaban J connectivity index is 4.30. The van der Waals surface area contributed by atoms with Gasteiger partial charge in [0.25, 0.3) is 0 Å². The largest absolute Gasteiger partial charge is 0.462 e. The molecule has 6 nitrogen and oxygen atoms in total. The molecule has 0 saturated carbocycles. The van der Waals surface area contributed by atoms with E-state index >= 15 is 0 Å². The highest BCUT2D eigenvalue weighted by Crippen LogP contribution is 2.16. The van der Waals surface area contributed by atoms with E-state index in [0.717, 1.165) is 57.8 Å². The van der Waals surface area contributed by atoms with Gasteiger partial charge in [-0.1, -0.05) is 238 Å². The topological polar surface area (TPSA) is 78.9 Å². The Morgan fingerprint density at radius 3 is 0.847 bits per heavy atom. The van der Waals surface area contributed by atoms with E-state index in [2.05, 4.69) is 32.9 Å². The van der Waals surface area contributed by atoms with E-state index in [1.54, 1.807) is 0 Å². The monoisotopic (exact) mass is 833 g/mol. The number of hydrogen-bond acceptors (Lipinski definition) is 6. The summed E-state index contributed by atoms with van der Waals surface area (Å²) in [7, 11) is 0. The van der Waals surface area contributed by atoms with Gasteiger partial charge in [0, 0.05) is 19.3 Å². The first kappa shape index (κ1) is 57.1. The van der Waals surface area contributed by atoms with Crippen molar-refractivity contribution in [3.8, 4) is 0 Å². The van der Waals surface area contributed by atoms with Gasteiger partial charge in [-0.3, -0.25) is 14.4 Å². The average Bonchev–Trinajstić information content (AvgIpc) is 3.23. The van der Waals surface area contributed by atoms with Gasteiger partial charge >= 0.3 is 17.9 Å². The molecule has 0 aromatic carbocycles. The van der Waals surface area contributed by atoms with Gasteiger partial charge in [-0.25, -0.2) is 0 Å². The quantitative estimate of drug-likeness (QED) is 0.0263. The van der Waals surface area contributed by atoms with Crippen LogP contribution in [0.25, 0.3) is 0 Å². The second kappa shape index (κ2) is 48.8. The van der Waals surface area contributed by atoms with Crippen LogP contribution < -0.4 is 0 Å². The number of rotatable bonds is 48. The number of hydrogen-bond donors (Lipinski definition) is 0. The summed E-state index contributed by atoms with van der Waals surface area (Å²) < 4.78 is 16.8. The lowest BCUT2D eigenvalue weighted by molar-refractivity contribution is -0.167. The van der Waals surface area contributed by atoms with Gasteiger partial charge in [-0.05, 0) is 44.9 Å². The fourth-order valence-electron chi connectivity index (χ4n) is 7.79. The minimum absolute atomic E-state index is 0.0660. The summed E-state index contributed by atoms with van der Waals surface area (Å²) in [6.07, 6.45) is 53.3. The summed E-state index contributed by atoms with van der Waals surface area (Å²) >= 11 is 0. The van der Waals surface area contributed by atoms with Crippen LogP contribution in [-0.4, -0.2) is 37.2 Å². The van der Waals surface area contributed by atoms with E-state index in [0.29, 0.717) is 19.3 Å². The lowest BCUT2D eigenvalue weighted by Gasteiger charge is -2.18. The van der Waals surface area contributed by atoms with Crippen molar-refractivity contribution in [1.29, 1.82) is 0 Å². The Morgan fingerprint density at radius 2 is 0.559 bits per heavy atom. The van der Waals surface area contributed by atoms with E-state index in [-0.39, 0.29) is 31.1 Å². The predicted molar refractivity (Wildman–Crippen MR) is 252 cm³/mol. The fourth-order valence-corrected chi connectivity index (χ4v) is 7.79. The van der Waals surface area contributed by atoms with Crippen LogP contribution in [0.4, 0.5) is 0 Å². The molecule has 0 aliphatic carbocycles. The van der Waals surface area contributed by atoms with Crippen LogP contribution in [0.15, 0.2) is 12.2 Å². The predicted octanol–water partition coefficient (Wildman–Crippen LogP) is 17.0. The Bertz CT molecular complexity index is 916.